The standard InChI is InChI=1S/C14H17NO4S/c1-4-15(10-12-11-18-14(2,3)19-12)20(16,17)13-8-6-5-7-9-13/h1,5-9,12H,10-11H2,2-3H3. The Kier molecular flexibility index (Phi) is 4.04. The molecule has 0 bridgehead atoms. The van der Waals surface area contributed by atoms with Crippen LogP contribution in [0.15, 0.2) is 35.2 Å². The SMILES string of the molecule is C#CN(CC1COC(C)(C)O1)S(=O)(=O)c1ccccc1. The summed E-state index contributed by atoms with van der Waals surface area (Å²) in [5, 5.41) is 0. The van der Waals surface area contributed by atoms with E-state index in [-0.39, 0.29) is 17.5 Å². The van der Waals surface area contributed by atoms with Crippen molar-refractivity contribution in [3.8, 4) is 12.5 Å². The minimum absolute atomic E-state index is 0.0666. The van der Waals surface area contributed by atoms with E-state index in [0.717, 1.165) is 4.31 Å². The van der Waals surface area contributed by atoms with Gasteiger partial charge in [-0.05, 0) is 26.0 Å². The summed E-state index contributed by atoms with van der Waals surface area (Å²) in [6.45, 7) is 3.93. The van der Waals surface area contributed by atoms with Gasteiger partial charge in [-0.3, -0.25) is 0 Å². The van der Waals surface area contributed by atoms with Gasteiger partial charge in [0, 0.05) is 6.04 Å². The zero-order chi connectivity index (χ0) is 14.8. The second kappa shape index (κ2) is 5.44. The maximum atomic E-state index is 12.4. The van der Waals surface area contributed by atoms with Crippen LogP contribution in [0.4, 0.5) is 0 Å². The summed E-state index contributed by atoms with van der Waals surface area (Å²) in [6.07, 6.45) is 4.97. The Morgan fingerprint density at radius 1 is 1.40 bits per heavy atom. The predicted octanol–water partition coefficient (Wildman–Crippen LogP) is 1.42. The molecule has 1 aliphatic rings. The lowest BCUT2D eigenvalue weighted by atomic mass is 10.4. The number of hydrogen-bond donors (Lipinski definition) is 0. The van der Waals surface area contributed by atoms with Crippen molar-refractivity contribution >= 4 is 10.0 Å². The van der Waals surface area contributed by atoms with E-state index in [0.29, 0.717) is 6.61 Å². The molecular weight excluding hydrogens is 278 g/mol. The third-order valence-corrected chi connectivity index (χ3v) is 4.61. The van der Waals surface area contributed by atoms with Gasteiger partial charge in [-0.25, -0.2) is 12.7 Å². The molecule has 1 heterocycles. The molecule has 0 amide bonds. The molecule has 108 valence electrons. The molecule has 1 unspecified atom stereocenters. The maximum Gasteiger partial charge on any atom is 0.271 e. The Bertz CT molecular complexity index is 604. The molecule has 0 N–H and O–H groups in total. The van der Waals surface area contributed by atoms with Crippen LogP contribution in [-0.2, 0) is 19.5 Å². The number of terminal acetylenes is 1. The molecule has 0 aliphatic carbocycles. The van der Waals surface area contributed by atoms with Gasteiger partial charge in [0.2, 0.25) is 0 Å². The molecule has 1 atom stereocenters. The molecule has 0 spiro atoms. The second-order valence-corrected chi connectivity index (χ2v) is 6.79. The van der Waals surface area contributed by atoms with Crippen LogP contribution >= 0.6 is 0 Å². The number of benzene rings is 1. The van der Waals surface area contributed by atoms with E-state index in [1.807, 2.05) is 0 Å². The van der Waals surface area contributed by atoms with Crippen LogP contribution in [0.3, 0.4) is 0 Å². The summed E-state index contributed by atoms with van der Waals surface area (Å²) >= 11 is 0. The van der Waals surface area contributed by atoms with Gasteiger partial charge in [0.1, 0.15) is 6.10 Å². The topological polar surface area (TPSA) is 55.8 Å². The summed E-state index contributed by atoms with van der Waals surface area (Å²) in [7, 11) is -3.71. The number of rotatable bonds is 4. The average molecular weight is 295 g/mol. The van der Waals surface area contributed by atoms with Crippen LogP contribution in [0.5, 0.6) is 0 Å². The smallest absolute Gasteiger partial charge is 0.271 e. The zero-order valence-electron chi connectivity index (χ0n) is 11.4. The van der Waals surface area contributed by atoms with Crippen LogP contribution in [0.1, 0.15) is 13.8 Å². The first-order chi connectivity index (χ1) is 9.35. The van der Waals surface area contributed by atoms with Crippen LogP contribution in [0, 0.1) is 12.5 Å². The van der Waals surface area contributed by atoms with Crippen molar-refractivity contribution in [1.82, 2.24) is 4.31 Å². The molecule has 20 heavy (non-hydrogen) atoms. The highest BCUT2D eigenvalue weighted by atomic mass is 32.2. The zero-order valence-corrected chi connectivity index (χ0v) is 12.3. The Morgan fingerprint density at radius 3 is 2.55 bits per heavy atom. The highest BCUT2D eigenvalue weighted by Gasteiger charge is 2.35. The molecule has 1 aromatic carbocycles. The van der Waals surface area contributed by atoms with Crippen molar-refractivity contribution in [2.45, 2.75) is 30.6 Å². The Morgan fingerprint density at radius 2 is 2.05 bits per heavy atom. The monoisotopic (exact) mass is 295 g/mol. The Labute approximate surface area is 119 Å². The van der Waals surface area contributed by atoms with Gasteiger partial charge in [-0.1, -0.05) is 24.6 Å². The van der Waals surface area contributed by atoms with Gasteiger partial charge in [-0.15, -0.1) is 0 Å². The molecule has 6 heteroatoms. The summed E-state index contributed by atoms with van der Waals surface area (Å²) in [6, 6.07) is 10.3. The van der Waals surface area contributed by atoms with Crippen molar-refractivity contribution in [1.29, 1.82) is 0 Å². The van der Waals surface area contributed by atoms with Crippen LogP contribution in [-0.4, -0.2) is 37.8 Å². The van der Waals surface area contributed by atoms with E-state index < -0.39 is 15.8 Å². The van der Waals surface area contributed by atoms with Crippen molar-refractivity contribution in [3.05, 3.63) is 30.3 Å². The summed E-state index contributed by atoms with van der Waals surface area (Å²) in [5.74, 6) is -0.707. The van der Waals surface area contributed by atoms with Crippen LogP contribution in [0.2, 0.25) is 0 Å². The lowest BCUT2D eigenvalue weighted by molar-refractivity contribution is -0.138. The summed E-state index contributed by atoms with van der Waals surface area (Å²) < 4.78 is 36.7. The second-order valence-electron chi connectivity index (χ2n) is 4.93. The summed E-state index contributed by atoms with van der Waals surface area (Å²) in [4.78, 5) is 0.163. The molecule has 5 nitrogen and oxygen atoms in total. The van der Waals surface area contributed by atoms with Gasteiger partial charge >= 0.3 is 0 Å². The first kappa shape index (κ1) is 14.9. The molecule has 1 aromatic rings. The lowest BCUT2D eigenvalue weighted by Crippen LogP contribution is -2.35. The first-order valence-corrected chi connectivity index (χ1v) is 7.65. The maximum absolute atomic E-state index is 12.4. The van der Waals surface area contributed by atoms with Crippen LogP contribution in [0.25, 0.3) is 0 Å². The highest BCUT2D eigenvalue weighted by Crippen LogP contribution is 2.24. The number of ether oxygens (including phenoxy) is 2. The van der Waals surface area contributed by atoms with E-state index in [2.05, 4.69) is 6.04 Å². The fraction of sp³-hybridized carbons (Fsp3) is 0.429. The Balaban J connectivity index is 2.16. The number of hydrogen-bond acceptors (Lipinski definition) is 4. The van der Waals surface area contributed by atoms with Gasteiger partial charge < -0.3 is 9.47 Å². The highest BCUT2D eigenvalue weighted by molar-refractivity contribution is 7.89. The fourth-order valence-electron chi connectivity index (χ4n) is 1.98. The molecule has 1 fully saturated rings. The Hall–Kier alpha value is -1.55. The largest absolute Gasteiger partial charge is 0.348 e. The van der Waals surface area contributed by atoms with Gasteiger partial charge in [0.15, 0.2) is 5.79 Å². The third-order valence-electron chi connectivity index (χ3n) is 2.91. The van der Waals surface area contributed by atoms with E-state index in [4.69, 9.17) is 15.9 Å². The fourth-order valence-corrected chi connectivity index (χ4v) is 3.23. The molecule has 2 rings (SSSR count). The van der Waals surface area contributed by atoms with Gasteiger partial charge in [-0.2, -0.15) is 0 Å². The average Bonchev–Trinajstić information content (AvgIpc) is 2.76. The minimum atomic E-state index is -3.71. The normalized spacial score (nSPS) is 21.4. The molecule has 1 saturated heterocycles. The molecule has 0 saturated carbocycles. The van der Waals surface area contributed by atoms with E-state index in [1.54, 1.807) is 32.0 Å². The molecule has 1 aliphatic heterocycles. The third kappa shape index (κ3) is 3.12. The van der Waals surface area contributed by atoms with Crippen molar-refractivity contribution in [3.63, 3.8) is 0 Å². The van der Waals surface area contributed by atoms with E-state index in [9.17, 15) is 8.42 Å². The predicted molar refractivity (Wildman–Crippen MR) is 74.1 cm³/mol. The van der Waals surface area contributed by atoms with E-state index in [1.165, 1.54) is 12.1 Å². The minimum Gasteiger partial charge on any atom is -0.348 e. The molecule has 0 aromatic heterocycles. The summed E-state index contributed by atoms with van der Waals surface area (Å²) in [5.41, 5.74) is 0. The molecular formula is C14H17NO4S. The first-order valence-electron chi connectivity index (χ1n) is 6.21. The van der Waals surface area contributed by atoms with Crippen LogP contribution < -0.4 is 0 Å². The number of sulfonamides is 1. The van der Waals surface area contributed by atoms with Crippen molar-refractivity contribution in [2.24, 2.45) is 0 Å². The lowest BCUT2D eigenvalue weighted by Gasteiger charge is -2.22. The van der Waals surface area contributed by atoms with Crippen molar-refractivity contribution < 1.29 is 17.9 Å². The number of nitrogens with zero attached hydrogens (tertiary/aromatic N) is 1. The van der Waals surface area contributed by atoms with E-state index >= 15 is 0 Å². The quantitative estimate of drug-likeness (QED) is 0.623. The van der Waals surface area contributed by atoms with Crippen molar-refractivity contribution in [2.75, 3.05) is 13.2 Å². The van der Waals surface area contributed by atoms with Gasteiger partial charge in [0.25, 0.3) is 10.0 Å². The molecule has 0 radical (unpaired) electrons. The van der Waals surface area contributed by atoms with Gasteiger partial charge in [0.05, 0.1) is 18.0 Å².